The molecule has 4 heterocycles. The van der Waals surface area contributed by atoms with E-state index in [1.165, 1.54) is 22.9 Å². The van der Waals surface area contributed by atoms with Crippen LogP contribution in [0.25, 0.3) is 0 Å². The van der Waals surface area contributed by atoms with E-state index < -0.39 is 0 Å². The fourth-order valence-corrected chi connectivity index (χ4v) is 5.41. The number of benzene rings is 1. The summed E-state index contributed by atoms with van der Waals surface area (Å²) in [6.45, 7) is 1.30. The molecule has 9 heteroatoms. The zero-order valence-electron chi connectivity index (χ0n) is 17.9. The van der Waals surface area contributed by atoms with Crippen LogP contribution < -0.4 is 5.56 Å². The number of amides is 1. The molecule has 1 fully saturated rings. The normalized spacial score (nSPS) is 18.8. The summed E-state index contributed by atoms with van der Waals surface area (Å²) >= 11 is 7.60. The van der Waals surface area contributed by atoms with Crippen molar-refractivity contribution >= 4 is 34.6 Å². The Morgan fingerprint density at radius 1 is 1.15 bits per heavy atom. The summed E-state index contributed by atoms with van der Waals surface area (Å²) in [5, 5.41) is 7.85. The van der Waals surface area contributed by atoms with Crippen LogP contribution >= 0.6 is 22.9 Å². The monoisotopic (exact) mass is 482 g/mol. The highest BCUT2D eigenvalue weighted by molar-refractivity contribution is 7.10. The van der Waals surface area contributed by atoms with Crippen LogP contribution in [0, 0.1) is 0 Å². The molecule has 2 aromatic heterocycles. The maximum atomic E-state index is 12.7. The Bertz CT molecular complexity index is 1230. The van der Waals surface area contributed by atoms with Crippen molar-refractivity contribution in [2.24, 2.45) is 5.16 Å². The van der Waals surface area contributed by atoms with Gasteiger partial charge in [-0.05, 0) is 24.5 Å². The predicted octanol–water partition coefficient (Wildman–Crippen LogP) is 4.23. The quantitative estimate of drug-likeness (QED) is 0.545. The molecule has 2 aliphatic heterocycles. The molecule has 0 N–H and O–H groups in total. The fraction of sp³-hybridized carbons (Fsp3) is 0.333. The minimum absolute atomic E-state index is 0.00780. The molecule has 2 aliphatic rings. The molecular formula is C24H23ClN4O3S. The first-order valence-electron chi connectivity index (χ1n) is 10.9. The van der Waals surface area contributed by atoms with Gasteiger partial charge < -0.3 is 14.3 Å². The average Bonchev–Trinajstić information content (AvgIpc) is 3.52. The van der Waals surface area contributed by atoms with Crippen molar-refractivity contribution in [2.45, 2.75) is 37.8 Å². The topological polar surface area (TPSA) is 76.8 Å². The Kier molecular flexibility index (Phi) is 6.28. The third-order valence-electron chi connectivity index (χ3n) is 6.11. The number of piperidine rings is 1. The molecule has 5 rings (SSSR count). The Morgan fingerprint density at radius 2 is 1.94 bits per heavy atom. The fourth-order valence-electron chi connectivity index (χ4n) is 4.23. The van der Waals surface area contributed by atoms with E-state index in [0.29, 0.717) is 30.5 Å². The molecular weight excluding hydrogens is 460 g/mol. The van der Waals surface area contributed by atoms with Gasteiger partial charge in [-0.15, -0.1) is 11.3 Å². The highest BCUT2D eigenvalue weighted by atomic mass is 35.5. The summed E-state index contributed by atoms with van der Waals surface area (Å²) < 4.78 is 1.36. The van der Waals surface area contributed by atoms with Crippen molar-refractivity contribution in [2.75, 3.05) is 13.1 Å². The first-order valence-corrected chi connectivity index (χ1v) is 12.2. The molecule has 1 amide bonds. The number of hydrogen-bond acceptors (Lipinski definition) is 6. The number of nitrogens with zero attached hydrogens (tertiary/aromatic N) is 4. The van der Waals surface area contributed by atoms with Crippen molar-refractivity contribution in [3.05, 3.63) is 85.7 Å². The number of halogens is 1. The van der Waals surface area contributed by atoms with E-state index in [-0.39, 0.29) is 24.1 Å². The number of carbonyl (C=O) groups excluding carboxylic acids is 1. The van der Waals surface area contributed by atoms with Gasteiger partial charge in [0.05, 0.1) is 15.7 Å². The molecule has 1 atom stereocenters. The third-order valence-corrected chi connectivity index (χ3v) is 7.34. The van der Waals surface area contributed by atoms with Gasteiger partial charge in [-0.25, -0.2) is 4.98 Å². The second-order valence-corrected chi connectivity index (χ2v) is 9.61. The largest absolute Gasteiger partial charge is 0.387 e. The maximum Gasteiger partial charge on any atom is 0.251 e. The van der Waals surface area contributed by atoms with Gasteiger partial charge in [-0.3, -0.25) is 9.59 Å². The van der Waals surface area contributed by atoms with E-state index in [9.17, 15) is 9.59 Å². The van der Waals surface area contributed by atoms with Gasteiger partial charge in [0.15, 0.2) is 6.10 Å². The van der Waals surface area contributed by atoms with Gasteiger partial charge in [0, 0.05) is 43.1 Å². The number of carbonyl (C=O) groups is 1. The predicted molar refractivity (Wildman–Crippen MR) is 128 cm³/mol. The zero-order valence-corrected chi connectivity index (χ0v) is 19.5. The van der Waals surface area contributed by atoms with E-state index in [4.69, 9.17) is 21.4 Å². The highest BCUT2D eigenvalue weighted by Crippen LogP contribution is 2.33. The minimum Gasteiger partial charge on any atom is -0.387 e. The molecule has 0 aliphatic carbocycles. The number of pyridine rings is 1. The standard InChI is InChI=1S/C24H23ClN4O3S/c25-18-6-7-22(30)29(13-18)14-23(31)28-10-8-17(9-11-28)24-26-20(15-33-24)19-12-21(32-27-19)16-4-2-1-3-5-16/h1-7,13,15,17,21H,8-12,14H2. The number of aromatic nitrogens is 2. The highest BCUT2D eigenvalue weighted by Gasteiger charge is 2.29. The second kappa shape index (κ2) is 9.49. The van der Waals surface area contributed by atoms with Crippen LogP contribution in [0.3, 0.4) is 0 Å². The zero-order chi connectivity index (χ0) is 22.8. The minimum atomic E-state index is -0.230. The molecule has 1 unspecified atom stereocenters. The first kappa shape index (κ1) is 21.9. The van der Waals surface area contributed by atoms with Crippen LogP contribution in [-0.2, 0) is 16.2 Å². The first-order chi connectivity index (χ1) is 16.1. The lowest BCUT2D eigenvalue weighted by Crippen LogP contribution is -2.41. The Hall–Kier alpha value is -2.97. The number of rotatable bonds is 5. The number of likely N-dealkylation sites (tertiary alicyclic amines) is 1. The molecule has 0 radical (unpaired) electrons. The Balaban J connectivity index is 1.16. The van der Waals surface area contributed by atoms with Crippen molar-refractivity contribution in [1.29, 1.82) is 0 Å². The SMILES string of the molecule is O=C(Cn1cc(Cl)ccc1=O)N1CCC(c2nc(C3=NOC(c4ccccc4)C3)cs2)CC1. The van der Waals surface area contributed by atoms with E-state index in [1.54, 1.807) is 11.3 Å². The molecule has 33 heavy (non-hydrogen) atoms. The third kappa shape index (κ3) is 4.86. The molecule has 1 saturated heterocycles. The summed E-state index contributed by atoms with van der Waals surface area (Å²) in [6, 6.07) is 13.0. The average molecular weight is 483 g/mol. The van der Waals surface area contributed by atoms with E-state index >= 15 is 0 Å². The smallest absolute Gasteiger partial charge is 0.251 e. The van der Waals surface area contributed by atoms with Crippen molar-refractivity contribution < 1.29 is 9.63 Å². The molecule has 0 bridgehead atoms. The van der Waals surface area contributed by atoms with E-state index in [1.807, 2.05) is 40.6 Å². The number of hydrogen-bond donors (Lipinski definition) is 0. The van der Waals surface area contributed by atoms with Gasteiger partial charge in [-0.2, -0.15) is 0 Å². The summed E-state index contributed by atoms with van der Waals surface area (Å²) in [6.07, 6.45) is 3.84. The number of thiazole rings is 1. The van der Waals surface area contributed by atoms with Gasteiger partial charge in [0.2, 0.25) is 5.91 Å². The molecule has 1 aromatic carbocycles. The van der Waals surface area contributed by atoms with Gasteiger partial charge >= 0.3 is 0 Å². The second-order valence-electron chi connectivity index (χ2n) is 8.29. The molecule has 0 spiro atoms. The molecule has 0 saturated carbocycles. The van der Waals surface area contributed by atoms with Gasteiger partial charge in [-0.1, -0.05) is 47.1 Å². The Labute approximate surface area is 200 Å². The van der Waals surface area contributed by atoms with Crippen LogP contribution in [0.4, 0.5) is 0 Å². The summed E-state index contributed by atoms with van der Waals surface area (Å²) in [4.78, 5) is 36.9. The van der Waals surface area contributed by atoms with Crippen LogP contribution in [0.5, 0.6) is 0 Å². The van der Waals surface area contributed by atoms with Gasteiger partial charge in [0.25, 0.3) is 5.56 Å². The summed E-state index contributed by atoms with van der Waals surface area (Å²) in [5.74, 6) is 0.247. The molecule has 7 nitrogen and oxygen atoms in total. The van der Waals surface area contributed by atoms with E-state index in [2.05, 4.69) is 5.16 Å². The lowest BCUT2D eigenvalue weighted by molar-refractivity contribution is -0.132. The van der Waals surface area contributed by atoms with Crippen LogP contribution in [-0.4, -0.2) is 39.2 Å². The van der Waals surface area contributed by atoms with E-state index in [0.717, 1.165) is 34.8 Å². The molecule has 3 aromatic rings. The van der Waals surface area contributed by atoms with Crippen LogP contribution in [0.1, 0.15) is 47.5 Å². The maximum absolute atomic E-state index is 12.7. The number of oxime groups is 1. The van der Waals surface area contributed by atoms with Crippen molar-refractivity contribution in [1.82, 2.24) is 14.5 Å². The summed E-state index contributed by atoms with van der Waals surface area (Å²) in [7, 11) is 0. The lowest BCUT2D eigenvalue weighted by Gasteiger charge is -2.31. The van der Waals surface area contributed by atoms with Crippen molar-refractivity contribution in [3.63, 3.8) is 0 Å². The van der Waals surface area contributed by atoms with Crippen LogP contribution in [0.15, 0.2) is 64.0 Å². The van der Waals surface area contributed by atoms with Crippen molar-refractivity contribution in [3.8, 4) is 0 Å². The lowest BCUT2D eigenvalue weighted by atomic mass is 9.97. The van der Waals surface area contributed by atoms with Crippen LogP contribution in [0.2, 0.25) is 5.02 Å². The van der Waals surface area contributed by atoms with Gasteiger partial charge in [0.1, 0.15) is 12.3 Å². The Morgan fingerprint density at radius 3 is 2.73 bits per heavy atom. The summed E-state index contributed by atoms with van der Waals surface area (Å²) in [5.41, 5.74) is 2.65. The molecule has 170 valence electrons.